The summed E-state index contributed by atoms with van der Waals surface area (Å²) in [6.07, 6.45) is 0. The van der Waals surface area contributed by atoms with Crippen molar-refractivity contribution in [2.75, 3.05) is 0 Å². The van der Waals surface area contributed by atoms with Gasteiger partial charge < -0.3 is 4.57 Å². The summed E-state index contributed by atoms with van der Waals surface area (Å²) in [7, 11) is 0. The lowest BCUT2D eigenvalue weighted by atomic mass is 9.82. The van der Waals surface area contributed by atoms with Crippen LogP contribution in [0.3, 0.4) is 0 Å². The predicted octanol–water partition coefficient (Wildman–Crippen LogP) is 13.0. The quantitative estimate of drug-likeness (QED) is 0.184. The molecule has 0 aliphatic heterocycles. The highest BCUT2D eigenvalue weighted by molar-refractivity contribution is 6.23. The Morgan fingerprint density at radius 3 is 2.02 bits per heavy atom. The summed E-state index contributed by atoms with van der Waals surface area (Å²) < 4.78 is 4.77. The molecule has 12 rings (SSSR count). The monoisotopic (exact) mass is 702 g/mol. The molecule has 3 aromatic heterocycles. The van der Waals surface area contributed by atoms with Crippen molar-refractivity contribution in [2.24, 2.45) is 0 Å². The number of fused-ring (bicyclic) bond motifs is 12. The number of para-hydroxylation sites is 2. The largest absolute Gasteiger partial charge is 0.309 e. The Labute approximate surface area is 317 Å². The lowest BCUT2D eigenvalue weighted by Crippen LogP contribution is -2.15. The fourth-order valence-electron chi connectivity index (χ4n) is 9.53. The number of benzene rings is 8. The second-order valence-electron chi connectivity index (χ2n) is 15.4. The highest BCUT2D eigenvalue weighted by Gasteiger charge is 2.35. The van der Waals surface area contributed by atoms with Crippen molar-refractivity contribution < 1.29 is 0 Å². The van der Waals surface area contributed by atoms with Crippen molar-refractivity contribution >= 4 is 65.3 Å². The van der Waals surface area contributed by atoms with Gasteiger partial charge in [0.2, 0.25) is 5.95 Å². The van der Waals surface area contributed by atoms with E-state index < -0.39 is 0 Å². The van der Waals surface area contributed by atoms with Crippen LogP contribution in [0.2, 0.25) is 0 Å². The molecule has 3 heterocycles. The summed E-state index contributed by atoms with van der Waals surface area (Å²) in [6.45, 7) is 4.72. The number of rotatable bonds is 3. The Bertz CT molecular complexity index is 3400. The molecule has 1 aliphatic rings. The average molecular weight is 703 g/mol. The molecule has 1 aliphatic carbocycles. The molecule has 0 N–H and O–H groups in total. The van der Waals surface area contributed by atoms with E-state index in [1.165, 1.54) is 60.1 Å². The van der Waals surface area contributed by atoms with Crippen LogP contribution in [0, 0.1) is 0 Å². The standard InChI is InChI=1S/C51H34N4/c1-51(2)42-21-11-8-18-35(42)36-27-25-33(28-43(36)51)54-46-30-47-40(29-41(46)38-26-24-31-14-6-7-17-34(31)49(38)54)37-19-10-13-23-45(37)55(47)50-52-44-22-12-9-20-39(44)48(53-50)32-15-4-3-5-16-32/h3-30H,1-2H3. The van der Waals surface area contributed by atoms with Gasteiger partial charge in [-0.15, -0.1) is 0 Å². The first-order valence-corrected chi connectivity index (χ1v) is 19.0. The van der Waals surface area contributed by atoms with Gasteiger partial charge in [0.05, 0.1) is 33.3 Å². The third-order valence-electron chi connectivity index (χ3n) is 12.1. The molecule has 4 heteroatoms. The van der Waals surface area contributed by atoms with Gasteiger partial charge in [0.15, 0.2) is 0 Å². The Balaban J connectivity index is 1.21. The van der Waals surface area contributed by atoms with Gasteiger partial charge in [-0.2, -0.15) is 0 Å². The van der Waals surface area contributed by atoms with E-state index in [0.717, 1.165) is 44.4 Å². The molecule has 4 nitrogen and oxygen atoms in total. The predicted molar refractivity (Wildman–Crippen MR) is 229 cm³/mol. The highest BCUT2D eigenvalue weighted by atomic mass is 15.2. The van der Waals surface area contributed by atoms with E-state index in [1.807, 2.05) is 0 Å². The van der Waals surface area contributed by atoms with Crippen LogP contribution < -0.4 is 0 Å². The van der Waals surface area contributed by atoms with Crippen LogP contribution in [0.5, 0.6) is 0 Å². The molecule has 0 amide bonds. The third-order valence-corrected chi connectivity index (χ3v) is 12.1. The second kappa shape index (κ2) is 11.0. The Hall–Kier alpha value is -7.04. The molecule has 0 spiro atoms. The van der Waals surface area contributed by atoms with Crippen molar-refractivity contribution in [3.05, 3.63) is 181 Å². The smallest absolute Gasteiger partial charge is 0.235 e. The lowest BCUT2D eigenvalue weighted by molar-refractivity contribution is 0.660. The van der Waals surface area contributed by atoms with Gasteiger partial charge in [-0.3, -0.25) is 4.57 Å². The average Bonchev–Trinajstić information content (AvgIpc) is 3.82. The Morgan fingerprint density at radius 1 is 0.436 bits per heavy atom. The summed E-state index contributed by atoms with van der Waals surface area (Å²) in [6, 6.07) is 61.6. The maximum absolute atomic E-state index is 5.38. The van der Waals surface area contributed by atoms with E-state index in [1.54, 1.807) is 0 Å². The maximum Gasteiger partial charge on any atom is 0.235 e. The molecule has 258 valence electrons. The number of aromatic nitrogens is 4. The molecule has 0 bridgehead atoms. The molecule has 0 radical (unpaired) electrons. The molecular weight excluding hydrogens is 669 g/mol. The lowest BCUT2D eigenvalue weighted by Gasteiger charge is -2.22. The van der Waals surface area contributed by atoms with Crippen LogP contribution in [-0.2, 0) is 5.41 Å². The van der Waals surface area contributed by atoms with E-state index in [4.69, 9.17) is 9.97 Å². The third kappa shape index (κ3) is 4.17. The van der Waals surface area contributed by atoms with Crippen LogP contribution in [-0.4, -0.2) is 19.1 Å². The Kier molecular flexibility index (Phi) is 6.09. The first kappa shape index (κ1) is 30.4. The van der Waals surface area contributed by atoms with Gasteiger partial charge >= 0.3 is 0 Å². The van der Waals surface area contributed by atoms with Crippen molar-refractivity contribution in [2.45, 2.75) is 19.3 Å². The number of nitrogens with zero attached hydrogens (tertiary/aromatic N) is 4. The maximum atomic E-state index is 5.38. The summed E-state index contributed by atoms with van der Waals surface area (Å²) in [5.41, 5.74) is 13.9. The van der Waals surface area contributed by atoms with Crippen molar-refractivity contribution in [1.29, 1.82) is 0 Å². The summed E-state index contributed by atoms with van der Waals surface area (Å²) >= 11 is 0. The van der Waals surface area contributed by atoms with Crippen LogP contribution in [0.25, 0.3) is 99.3 Å². The minimum Gasteiger partial charge on any atom is -0.309 e. The van der Waals surface area contributed by atoms with E-state index in [2.05, 4.69) is 193 Å². The minimum absolute atomic E-state index is 0.119. The normalized spacial score (nSPS) is 13.4. The van der Waals surface area contributed by atoms with E-state index in [-0.39, 0.29) is 5.41 Å². The molecule has 0 saturated carbocycles. The molecule has 8 aromatic carbocycles. The summed E-state index contributed by atoms with van der Waals surface area (Å²) in [5.74, 6) is 0.660. The van der Waals surface area contributed by atoms with Gasteiger partial charge in [-0.1, -0.05) is 147 Å². The van der Waals surface area contributed by atoms with E-state index in [9.17, 15) is 0 Å². The van der Waals surface area contributed by atoms with Crippen LogP contribution >= 0.6 is 0 Å². The number of hydrogen-bond donors (Lipinski definition) is 0. The highest BCUT2D eigenvalue weighted by Crippen LogP contribution is 2.50. The van der Waals surface area contributed by atoms with Gasteiger partial charge in [0, 0.05) is 49.0 Å². The zero-order chi connectivity index (χ0) is 36.4. The van der Waals surface area contributed by atoms with Crippen LogP contribution in [0.15, 0.2) is 170 Å². The fraction of sp³-hybridized carbons (Fsp3) is 0.0588. The van der Waals surface area contributed by atoms with Gasteiger partial charge in [0.25, 0.3) is 0 Å². The minimum atomic E-state index is -0.119. The molecule has 0 unspecified atom stereocenters. The first-order valence-electron chi connectivity index (χ1n) is 19.0. The van der Waals surface area contributed by atoms with E-state index >= 15 is 0 Å². The van der Waals surface area contributed by atoms with E-state index in [0.29, 0.717) is 5.95 Å². The van der Waals surface area contributed by atoms with Crippen LogP contribution in [0.1, 0.15) is 25.0 Å². The van der Waals surface area contributed by atoms with Crippen molar-refractivity contribution in [1.82, 2.24) is 19.1 Å². The fourth-order valence-corrected chi connectivity index (χ4v) is 9.53. The van der Waals surface area contributed by atoms with Crippen molar-refractivity contribution in [3.8, 4) is 34.0 Å². The second-order valence-corrected chi connectivity index (χ2v) is 15.4. The summed E-state index contributed by atoms with van der Waals surface area (Å²) in [5, 5.41) is 8.32. The molecule has 55 heavy (non-hydrogen) atoms. The SMILES string of the molecule is CC1(C)c2ccccc2-c2ccc(-n3c4cc5c(cc4c4ccc6ccccc6c43)c3ccccc3n5-c3nc(-c4ccccc4)c4ccccc4n3)cc21. The number of hydrogen-bond acceptors (Lipinski definition) is 2. The Morgan fingerprint density at radius 2 is 1.13 bits per heavy atom. The molecule has 0 atom stereocenters. The zero-order valence-corrected chi connectivity index (χ0v) is 30.5. The molecular formula is C51H34N4. The van der Waals surface area contributed by atoms with Gasteiger partial charge in [-0.05, 0) is 64.0 Å². The first-order chi connectivity index (χ1) is 27.0. The van der Waals surface area contributed by atoms with Gasteiger partial charge in [0.1, 0.15) is 0 Å². The molecule has 11 aromatic rings. The molecule has 0 saturated heterocycles. The van der Waals surface area contributed by atoms with Gasteiger partial charge in [-0.25, -0.2) is 9.97 Å². The van der Waals surface area contributed by atoms with Crippen molar-refractivity contribution in [3.63, 3.8) is 0 Å². The summed E-state index contributed by atoms with van der Waals surface area (Å²) in [4.78, 5) is 10.6. The van der Waals surface area contributed by atoms with Crippen LogP contribution in [0.4, 0.5) is 0 Å². The zero-order valence-electron chi connectivity index (χ0n) is 30.5. The topological polar surface area (TPSA) is 35.6 Å². The molecule has 0 fully saturated rings.